The molecule has 1 N–H and O–H groups in total. The molecule has 2 aromatic carbocycles. The molecule has 0 aliphatic carbocycles. The van der Waals surface area contributed by atoms with Gasteiger partial charge in [0.05, 0.1) is 0 Å². The van der Waals surface area contributed by atoms with E-state index in [-0.39, 0.29) is 11.4 Å². The minimum Gasteiger partial charge on any atom is -0.322 e. The van der Waals surface area contributed by atoms with Crippen LogP contribution in [0, 0.1) is 5.82 Å². The predicted octanol–water partition coefficient (Wildman–Crippen LogP) is 4.10. The zero-order valence-corrected chi connectivity index (χ0v) is 11.4. The number of aromatic amines is 1. The quantitative estimate of drug-likeness (QED) is 0.720. The standard InChI is InChI=1S/C15H9BrFNO/c16-9-5-6-14-12(7-9)11(8-15(19)18-14)10-3-1-2-4-13(10)17/h1-8H,(H,18,19). The molecule has 19 heavy (non-hydrogen) atoms. The fraction of sp³-hybridized carbons (Fsp3) is 0. The van der Waals surface area contributed by atoms with Crippen LogP contribution in [0.25, 0.3) is 22.0 Å². The van der Waals surface area contributed by atoms with Gasteiger partial charge in [-0.15, -0.1) is 0 Å². The third-order valence-electron chi connectivity index (χ3n) is 2.97. The fourth-order valence-electron chi connectivity index (χ4n) is 2.13. The predicted molar refractivity (Wildman–Crippen MR) is 77.7 cm³/mol. The summed E-state index contributed by atoms with van der Waals surface area (Å²) in [6, 6.07) is 13.4. The lowest BCUT2D eigenvalue weighted by atomic mass is 10.0. The Labute approximate surface area is 117 Å². The van der Waals surface area contributed by atoms with Gasteiger partial charge >= 0.3 is 0 Å². The zero-order valence-electron chi connectivity index (χ0n) is 9.78. The van der Waals surface area contributed by atoms with Crippen LogP contribution in [-0.2, 0) is 0 Å². The van der Waals surface area contributed by atoms with Crippen LogP contribution in [-0.4, -0.2) is 4.98 Å². The third kappa shape index (κ3) is 2.19. The first-order valence-corrected chi connectivity index (χ1v) is 6.52. The summed E-state index contributed by atoms with van der Waals surface area (Å²) in [6.45, 7) is 0. The summed E-state index contributed by atoms with van der Waals surface area (Å²) in [5.41, 5.74) is 1.47. The lowest BCUT2D eigenvalue weighted by Crippen LogP contribution is -2.05. The molecule has 0 aliphatic heterocycles. The molecule has 3 rings (SSSR count). The molecule has 0 unspecified atom stereocenters. The van der Waals surface area contributed by atoms with Gasteiger partial charge in [0.1, 0.15) is 5.82 Å². The average molecular weight is 318 g/mol. The number of H-pyrrole nitrogens is 1. The van der Waals surface area contributed by atoms with Gasteiger partial charge in [-0.2, -0.15) is 0 Å². The molecule has 0 aliphatic rings. The first kappa shape index (κ1) is 12.1. The smallest absolute Gasteiger partial charge is 0.249 e. The summed E-state index contributed by atoms with van der Waals surface area (Å²) < 4.78 is 14.8. The Morgan fingerprint density at radius 1 is 1.00 bits per heavy atom. The molecule has 4 heteroatoms. The maximum Gasteiger partial charge on any atom is 0.249 e. The Hall–Kier alpha value is -1.94. The molecule has 0 bridgehead atoms. The molecule has 94 valence electrons. The van der Waals surface area contributed by atoms with Crippen LogP contribution < -0.4 is 5.56 Å². The highest BCUT2D eigenvalue weighted by Gasteiger charge is 2.10. The van der Waals surface area contributed by atoms with Crippen LogP contribution in [0.3, 0.4) is 0 Å². The Bertz CT molecular complexity index is 826. The number of pyridine rings is 1. The molecular formula is C15H9BrFNO. The van der Waals surface area contributed by atoms with Gasteiger partial charge in [-0.1, -0.05) is 34.1 Å². The zero-order chi connectivity index (χ0) is 13.4. The van der Waals surface area contributed by atoms with E-state index in [0.717, 1.165) is 9.86 Å². The molecule has 0 radical (unpaired) electrons. The maximum absolute atomic E-state index is 13.9. The van der Waals surface area contributed by atoms with Crippen molar-refractivity contribution in [3.8, 4) is 11.1 Å². The molecule has 0 amide bonds. The molecular weight excluding hydrogens is 309 g/mol. The first-order chi connectivity index (χ1) is 9.15. The van der Waals surface area contributed by atoms with Gasteiger partial charge in [0.15, 0.2) is 0 Å². The summed E-state index contributed by atoms with van der Waals surface area (Å²) in [7, 11) is 0. The monoisotopic (exact) mass is 317 g/mol. The van der Waals surface area contributed by atoms with E-state index in [1.54, 1.807) is 24.3 Å². The molecule has 0 saturated carbocycles. The number of hydrogen-bond acceptors (Lipinski definition) is 1. The number of benzene rings is 2. The highest BCUT2D eigenvalue weighted by molar-refractivity contribution is 9.10. The van der Waals surface area contributed by atoms with E-state index in [1.807, 2.05) is 12.1 Å². The largest absolute Gasteiger partial charge is 0.322 e. The number of halogens is 2. The second kappa shape index (κ2) is 4.63. The summed E-state index contributed by atoms with van der Waals surface area (Å²) in [4.78, 5) is 14.4. The van der Waals surface area contributed by atoms with Crippen molar-refractivity contribution in [2.45, 2.75) is 0 Å². The molecule has 3 aromatic rings. The van der Waals surface area contributed by atoms with E-state index in [9.17, 15) is 9.18 Å². The molecule has 0 saturated heterocycles. The van der Waals surface area contributed by atoms with Crippen LogP contribution >= 0.6 is 15.9 Å². The van der Waals surface area contributed by atoms with Crippen molar-refractivity contribution in [2.24, 2.45) is 0 Å². The highest BCUT2D eigenvalue weighted by Crippen LogP contribution is 2.29. The molecule has 1 aromatic heterocycles. The third-order valence-corrected chi connectivity index (χ3v) is 3.46. The fourth-order valence-corrected chi connectivity index (χ4v) is 2.49. The number of hydrogen-bond donors (Lipinski definition) is 1. The van der Waals surface area contributed by atoms with E-state index in [1.165, 1.54) is 12.1 Å². The number of fused-ring (bicyclic) bond motifs is 1. The first-order valence-electron chi connectivity index (χ1n) is 5.72. The molecule has 0 fully saturated rings. The van der Waals surface area contributed by atoms with E-state index in [4.69, 9.17) is 0 Å². The summed E-state index contributed by atoms with van der Waals surface area (Å²) >= 11 is 3.39. The molecule has 0 spiro atoms. The van der Waals surface area contributed by atoms with Crippen LogP contribution in [0.5, 0.6) is 0 Å². The Kier molecular flexibility index (Phi) is 2.95. The van der Waals surface area contributed by atoms with Crippen molar-refractivity contribution in [1.82, 2.24) is 4.98 Å². The number of rotatable bonds is 1. The van der Waals surface area contributed by atoms with Crippen molar-refractivity contribution in [2.75, 3.05) is 0 Å². The minimum absolute atomic E-state index is 0.243. The Morgan fingerprint density at radius 3 is 2.58 bits per heavy atom. The Balaban J connectivity index is 2.43. The lowest BCUT2D eigenvalue weighted by molar-refractivity contribution is 0.631. The van der Waals surface area contributed by atoms with Crippen LogP contribution in [0.1, 0.15) is 0 Å². The molecule has 2 nitrogen and oxygen atoms in total. The maximum atomic E-state index is 13.9. The van der Waals surface area contributed by atoms with Crippen LogP contribution in [0.4, 0.5) is 4.39 Å². The lowest BCUT2D eigenvalue weighted by Gasteiger charge is -2.08. The van der Waals surface area contributed by atoms with Crippen molar-refractivity contribution in [1.29, 1.82) is 0 Å². The van der Waals surface area contributed by atoms with Gasteiger partial charge in [-0.3, -0.25) is 4.79 Å². The highest BCUT2D eigenvalue weighted by atomic mass is 79.9. The second-order valence-electron chi connectivity index (χ2n) is 4.22. The average Bonchev–Trinajstić information content (AvgIpc) is 2.39. The summed E-state index contributed by atoms with van der Waals surface area (Å²) in [5.74, 6) is -0.339. The van der Waals surface area contributed by atoms with Crippen LogP contribution in [0.15, 0.2) is 57.8 Å². The van der Waals surface area contributed by atoms with Crippen LogP contribution in [0.2, 0.25) is 0 Å². The van der Waals surface area contributed by atoms with Crippen molar-refractivity contribution in [3.05, 3.63) is 69.2 Å². The van der Waals surface area contributed by atoms with Crippen molar-refractivity contribution in [3.63, 3.8) is 0 Å². The number of nitrogens with one attached hydrogen (secondary N) is 1. The van der Waals surface area contributed by atoms with E-state index >= 15 is 0 Å². The topological polar surface area (TPSA) is 32.9 Å². The number of aromatic nitrogens is 1. The van der Waals surface area contributed by atoms with E-state index in [0.29, 0.717) is 16.6 Å². The normalized spacial score (nSPS) is 10.8. The van der Waals surface area contributed by atoms with E-state index in [2.05, 4.69) is 20.9 Å². The molecule has 0 atom stereocenters. The molecule has 1 heterocycles. The van der Waals surface area contributed by atoms with Gasteiger partial charge < -0.3 is 4.98 Å². The minimum atomic E-state index is -0.339. The SMILES string of the molecule is O=c1cc(-c2ccccc2F)c2cc(Br)ccc2[nH]1. The summed E-state index contributed by atoms with van der Waals surface area (Å²) in [6.07, 6.45) is 0. The van der Waals surface area contributed by atoms with Gasteiger partial charge in [-0.25, -0.2) is 4.39 Å². The van der Waals surface area contributed by atoms with Gasteiger partial charge in [-0.05, 0) is 29.8 Å². The van der Waals surface area contributed by atoms with E-state index < -0.39 is 0 Å². The van der Waals surface area contributed by atoms with Gasteiger partial charge in [0.2, 0.25) is 5.56 Å². The van der Waals surface area contributed by atoms with Gasteiger partial charge in [0.25, 0.3) is 0 Å². The Morgan fingerprint density at radius 2 is 1.79 bits per heavy atom. The van der Waals surface area contributed by atoms with Crippen molar-refractivity contribution >= 4 is 26.8 Å². The second-order valence-corrected chi connectivity index (χ2v) is 5.13. The van der Waals surface area contributed by atoms with Crippen molar-refractivity contribution < 1.29 is 4.39 Å². The summed E-state index contributed by atoms with van der Waals surface area (Å²) in [5, 5.41) is 0.805. The van der Waals surface area contributed by atoms with Gasteiger partial charge in [0, 0.05) is 27.0 Å².